The van der Waals surface area contributed by atoms with E-state index in [2.05, 4.69) is 0 Å². The molecule has 1 rings (SSSR count). The molecule has 6 heteroatoms. The van der Waals surface area contributed by atoms with Crippen molar-refractivity contribution in [2.45, 2.75) is 6.18 Å². The van der Waals surface area contributed by atoms with Gasteiger partial charge in [-0.2, -0.15) is 13.2 Å². The average Bonchev–Trinajstić information content (AvgIpc) is 2.34. The smallest absolute Gasteiger partial charge is 0.340 e. The molecular weight excluding hydrogens is 257 g/mol. The van der Waals surface area contributed by atoms with Crippen LogP contribution in [0, 0.1) is 0 Å². The van der Waals surface area contributed by atoms with Crippen LogP contribution in [0.5, 0.6) is 0 Å². The molecule has 0 bridgehead atoms. The number of benzene rings is 1. The largest absolute Gasteiger partial charge is 0.417 e. The second-order valence-corrected chi connectivity index (χ2v) is 4.57. The maximum atomic E-state index is 12.8. The van der Waals surface area contributed by atoms with E-state index in [0.717, 1.165) is 6.07 Å². The minimum Gasteiger partial charge on any atom is -0.340 e. The Morgan fingerprint density at radius 2 is 1.68 bits per heavy atom. The van der Waals surface area contributed by atoms with Crippen molar-refractivity contribution in [3.05, 3.63) is 35.4 Å². The van der Waals surface area contributed by atoms with Gasteiger partial charge in [0.15, 0.2) is 0 Å². The number of carbonyl (C=O) groups excluding carboxylic acids is 1. The van der Waals surface area contributed by atoms with E-state index in [0.29, 0.717) is 13.1 Å². The number of hydrogen-bond acceptors (Lipinski definition) is 2. The van der Waals surface area contributed by atoms with Gasteiger partial charge in [0.2, 0.25) is 0 Å². The summed E-state index contributed by atoms with van der Waals surface area (Å²) in [5, 5.41) is 0. The fourth-order valence-corrected chi connectivity index (χ4v) is 1.57. The number of alkyl halides is 3. The third-order valence-electron chi connectivity index (χ3n) is 2.69. The summed E-state index contributed by atoms with van der Waals surface area (Å²) in [6.07, 6.45) is -4.52. The summed E-state index contributed by atoms with van der Waals surface area (Å²) < 4.78 is 38.4. The van der Waals surface area contributed by atoms with Crippen LogP contribution >= 0.6 is 0 Å². The Labute approximate surface area is 110 Å². The van der Waals surface area contributed by atoms with Gasteiger partial charge < -0.3 is 9.80 Å². The molecule has 0 aliphatic heterocycles. The van der Waals surface area contributed by atoms with E-state index in [9.17, 15) is 18.0 Å². The highest BCUT2D eigenvalue weighted by atomic mass is 19.4. The standard InChI is InChI=1S/C13H17F3N2O/c1-17(2)8-9-18(3)12(19)10-6-4-5-7-11(10)13(14,15)16/h4-7H,8-9H2,1-3H3. The first kappa shape index (κ1) is 15.5. The maximum Gasteiger partial charge on any atom is 0.417 e. The monoisotopic (exact) mass is 274 g/mol. The normalized spacial score (nSPS) is 11.7. The summed E-state index contributed by atoms with van der Waals surface area (Å²) in [4.78, 5) is 15.2. The van der Waals surface area contributed by atoms with E-state index < -0.39 is 17.6 Å². The van der Waals surface area contributed by atoms with Crippen molar-refractivity contribution >= 4 is 5.91 Å². The molecule has 0 N–H and O–H groups in total. The van der Waals surface area contributed by atoms with Crippen LogP contribution in [0.4, 0.5) is 13.2 Å². The van der Waals surface area contributed by atoms with Crippen LogP contribution in [0.15, 0.2) is 24.3 Å². The SMILES string of the molecule is CN(C)CCN(C)C(=O)c1ccccc1C(F)(F)F. The predicted molar refractivity (Wildman–Crippen MR) is 67.0 cm³/mol. The average molecular weight is 274 g/mol. The van der Waals surface area contributed by atoms with E-state index in [1.807, 2.05) is 19.0 Å². The van der Waals surface area contributed by atoms with Gasteiger partial charge in [0.25, 0.3) is 5.91 Å². The molecule has 1 amide bonds. The van der Waals surface area contributed by atoms with Gasteiger partial charge in [0.1, 0.15) is 0 Å². The van der Waals surface area contributed by atoms with Gasteiger partial charge in [0.05, 0.1) is 11.1 Å². The van der Waals surface area contributed by atoms with E-state index in [1.54, 1.807) is 0 Å². The molecule has 0 radical (unpaired) electrons. The zero-order chi connectivity index (χ0) is 14.6. The minimum absolute atomic E-state index is 0.309. The van der Waals surface area contributed by atoms with Crippen LogP contribution in [-0.2, 0) is 6.18 Å². The first-order valence-electron chi connectivity index (χ1n) is 5.80. The topological polar surface area (TPSA) is 23.6 Å². The molecule has 0 aliphatic carbocycles. The molecule has 0 spiro atoms. The maximum absolute atomic E-state index is 12.8. The van der Waals surface area contributed by atoms with Gasteiger partial charge >= 0.3 is 6.18 Å². The number of halogens is 3. The van der Waals surface area contributed by atoms with E-state index in [4.69, 9.17) is 0 Å². The van der Waals surface area contributed by atoms with Crippen molar-refractivity contribution in [2.24, 2.45) is 0 Å². The summed E-state index contributed by atoms with van der Waals surface area (Å²) in [6, 6.07) is 4.84. The highest BCUT2D eigenvalue weighted by molar-refractivity contribution is 5.95. The molecule has 106 valence electrons. The molecule has 1 aromatic rings. The highest BCUT2D eigenvalue weighted by Gasteiger charge is 2.35. The summed E-state index contributed by atoms with van der Waals surface area (Å²) in [6.45, 7) is 0.967. The first-order valence-corrected chi connectivity index (χ1v) is 5.80. The van der Waals surface area contributed by atoms with Crippen LogP contribution in [0.25, 0.3) is 0 Å². The lowest BCUT2D eigenvalue weighted by molar-refractivity contribution is -0.138. The third-order valence-corrected chi connectivity index (χ3v) is 2.69. The first-order chi connectivity index (χ1) is 8.73. The quantitative estimate of drug-likeness (QED) is 0.841. The minimum atomic E-state index is -4.52. The molecule has 0 saturated heterocycles. The Bertz CT molecular complexity index is 444. The van der Waals surface area contributed by atoms with E-state index >= 15 is 0 Å². The molecule has 1 aromatic carbocycles. The van der Waals surface area contributed by atoms with Crippen molar-refractivity contribution in [2.75, 3.05) is 34.2 Å². The Balaban J connectivity index is 2.94. The summed E-state index contributed by atoms with van der Waals surface area (Å²) in [5.41, 5.74) is -1.20. The summed E-state index contributed by atoms with van der Waals surface area (Å²) in [7, 11) is 5.17. The van der Waals surface area contributed by atoms with Gasteiger partial charge in [-0.05, 0) is 26.2 Å². The Hall–Kier alpha value is -1.56. The fourth-order valence-electron chi connectivity index (χ4n) is 1.57. The van der Waals surface area contributed by atoms with Crippen molar-refractivity contribution in [1.29, 1.82) is 0 Å². The molecule has 0 heterocycles. The number of rotatable bonds is 4. The van der Waals surface area contributed by atoms with E-state index in [1.165, 1.54) is 30.1 Å². The number of carbonyl (C=O) groups is 1. The molecule has 0 aromatic heterocycles. The lowest BCUT2D eigenvalue weighted by Crippen LogP contribution is -2.34. The molecule has 0 unspecified atom stereocenters. The number of likely N-dealkylation sites (N-methyl/N-ethyl adjacent to an activating group) is 2. The van der Waals surface area contributed by atoms with Crippen LogP contribution in [-0.4, -0.2) is 49.9 Å². The molecule has 0 aliphatic rings. The fraction of sp³-hybridized carbons (Fsp3) is 0.462. The second kappa shape index (κ2) is 6.06. The third kappa shape index (κ3) is 4.24. The molecule has 19 heavy (non-hydrogen) atoms. The molecule has 0 atom stereocenters. The van der Waals surface area contributed by atoms with Gasteiger partial charge in [-0.15, -0.1) is 0 Å². The lowest BCUT2D eigenvalue weighted by Gasteiger charge is -2.21. The molecule has 0 fully saturated rings. The Morgan fingerprint density at radius 3 is 2.21 bits per heavy atom. The van der Waals surface area contributed by atoms with Crippen LogP contribution < -0.4 is 0 Å². The van der Waals surface area contributed by atoms with Crippen molar-refractivity contribution in [3.63, 3.8) is 0 Å². The number of amides is 1. The summed E-state index contributed by atoms with van der Waals surface area (Å²) >= 11 is 0. The predicted octanol–water partition coefficient (Wildman–Crippen LogP) is 2.34. The molecular formula is C13H17F3N2O. The van der Waals surface area contributed by atoms with Crippen LogP contribution in [0.2, 0.25) is 0 Å². The lowest BCUT2D eigenvalue weighted by atomic mass is 10.1. The van der Waals surface area contributed by atoms with Gasteiger partial charge in [0, 0.05) is 20.1 Å². The van der Waals surface area contributed by atoms with Crippen molar-refractivity contribution in [1.82, 2.24) is 9.80 Å². The molecule has 0 saturated carbocycles. The second-order valence-electron chi connectivity index (χ2n) is 4.57. The molecule has 3 nitrogen and oxygen atoms in total. The van der Waals surface area contributed by atoms with Crippen molar-refractivity contribution in [3.8, 4) is 0 Å². The van der Waals surface area contributed by atoms with Crippen molar-refractivity contribution < 1.29 is 18.0 Å². The van der Waals surface area contributed by atoms with Crippen LogP contribution in [0.3, 0.4) is 0 Å². The van der Waals surface area contributed by atoms with Gasteiger partial charge in [-0.1, -0.05) is 12.1 Å². The zero-order valence-corrected chi connectivity index (χ0v) is 11.2. The Kier molecular flexibility index (Phi) is 4.94. The Morgan fingerprint density at radius 1 is 1.11 bits per heavy atom. The van der Waals surface area contributed by atoms with E-state index in [-0.39, 0.29) is 5.56 Å². The van der Waals surface area contributed by atoms with Crippen LogP contribution in [0.1, 0.15) is 15.9 Å². The van der Waals surface area contributed by atoms with Gasteiger partial charge in [-0.3, -0.25) is 4.79 Å². The zero-order valence-electron chi connectivity index (χ0n) is 11.2. The highest BCUT2D eigenvalue weighted by Crippen LogP contribution is 2.32. The summed E-state index contributed by atoms with van der Waals surface area (Å²) in [5.74, 6) is -0.616. The van der Waals surface area contributed by atoms with Gasteiger partial charge in [-0.25, -0.2) is 0 Å². The number of nitrogens with zero attached hydrogens (tertiary/aromatic N) is 2. The number of hydrogen-bond donors (Lipinski definition) is 0.